The Kier molecular flexibility index (Phi) is 4.13. The van der Waals surface area contributed by atoms with Gasteiger partial charge in [-0.2, -0.15) is 0 Å². The SMILES string of the molecule is Cc1ccc(CNC(=O)c2cccc([N+](=O)[O-])c2O)cn1. The Balaban J connectivity index is 2.12. The van der Waals surface area contributed by atoms with Crippen LogP contribution in [0.15, 0.2) is 36.5 Å². The van der Waals surface area contributed by atoms with E-state index in [0.717, 1.165) is 17.3 Å². The van der Waals surface area contributed by atoms with Crippen LogP contribution in [0.4, 0.5) is 5.69 Å². The van der Waals surface area contributed by atoms with Crippen molar-refractivity contribution in [2.75, 3.05) is 0 Å². The second kappa shape index (κ2) is 6.00. The Morgan fingerprint density at radius 2 is 2.14 bits per heavy atom. The molecule has 1 amide bonds. The Hall–Kier alpha value is -2.96. The Bertz CT molecular complexity index is 683. The van der Waals surface area contributed by atoms with Gasteiger partial charge in [-0.25, -0.2) is 0 Å². The largest absolute Gasteiger partial charge is 0.502 e. The molecule has 21 heavy (non-hydrogen) atoms. The molecule has 0 aliphatic rings. The van der Waals surface area contributed by atoms with Crippen molar-refractivity contribution < 1.29 is 14.8 Å². The normalized spacial score (nSPS) is 10.1. The van der Waals surface area contributed by atoms with Gasteiger partial charge in [0, 0.05) is 24.5 Å². The standard InChI is InChI=1S/C14H13N3O4/c1-9-5-6-10(7-15-9)8-16-14(19)11-3-2-4-12(13(11)18)17(20)21/h2-7,18H,8H2,1H3,(H,16,19). The molecule has 0 radical (unpaired) electrons. The number of nitro groups is 1. The van der Waals surface area contributed by atoms with Gasteiger partial charge in [0.2, 0.25) is 5.75 Å². The molecule has 2 N–H and O–H groups in total. The van der Waals surface area contributed by atoms with Crippen molar-refractivity contribution in [3.8, 4) is 5.75 Å². The molecule has 7 nitrogen and oxygen atoms in total. The molecule has 0 saturated heterocycles. The predicted molar refractivity (Wildman–Crippen MR) is 74.9 cm³/mol. The third-order valence-corrected chi connectivity index (χ3v) is 2.88. The molecular formula is C14H13N3O4. The summed E-state index contributed by atoms with van der Waals surface area (Å²) in [5.74, 6) is -1.22. The van der Waals surface area contributed by atoms with E-state index in [1.54, 1.807) is 6.20 Å². The molecular weight excluding hydrogens is 274 g/mol. The first-order valence-corrected chi connectivity index (χ1v) is 6.15. The zero-order valence-corrected chi connectivity index (χ0v) is 11.2. The molecule has 2 rings (SSSR count). The van der Waals surface area contributed by atoms with Gasteiger partial charge in [0.25, 0.3) is 5.91 Å². The number of pyridine rings is 1. The number of aryl methyl sites for hydroxylation is 1. The van der Waals surface area contributed by atoms with Gasteiger partial charge >= 0.3 is 5.69 Å². The fourth-order valence-electron chi connectivity index (χ4n) is 1.74. The van der Waals surface area contributed by atoms with Gasteiger partial charge in [-0.05, 0) is 24.6 Å². The molecule has 7 heteroatoms. The van der Waals surface area contributed by atoms with Gasteiger partial charge in [-0.15, -0.1) is 0 Å². The van der Waals surface area contributed by atoms with Crippen LogP contribution in [0.2, 0.25) is 0 Å². The predicted octanol–water partition coefficient (Wildman–Crippen LogP) is 1.93. The molecule has 2 aromatic rings. The van der Waals surface area contributed by atoms with Crippen LogP contribution in [-0.4, -0.2) is 20.9 Å². The number of hydrogen-bond donors (Lipinski definition) is 2. The van der Waals surface area contributed by atoms with E-state index in [9.17, 15) is 20.0 Å². The zero-order valence-electron chi connectivity index (χ0n) is 11.2. The monoisotopic (exact) mass is 287 g/mol. The number of carbonyl (C=O) groups is 1. The van der Waals surface area contributed by atoms with Crippen LogP contribution < -0.4 is 5.32 Å². The lowest BCUT2D eigenvalue weighted by molar-refractivity contribution is -0.385. The minimum Gasteiger partial charge on any atom is -0.502 e. The van der Waals surface area contributed by atoms with Crippen LogP contribution in [0.3, 0.4) is 0 Å². The summed E-state index contributed by atoms with van der Waals surface area (Å²) < 4.78 is 0. The first-order chi connectivity index (χ1) is 9.99. The molecule has 0 saturated carbocycles. The smallest absolute Gasteiger partial charge is 0.311 e. The fraction of sp³-hybridized carbons (Fsp3) is 0.143. The number of hydrogen-bond acceptors (Lipinski definition) is 5. The number of carbonyl (C=O) groups excluding carboxylic acids is 1. The van der Waals surface area contributed by atoms with E-state index < -0.39 is 22.3 Å². The van der Waals surface area contributed by atoms with Crippen molar-refractivity contribution in [1.82, 2.24) is 10.3 Å². The van der Waals surface area contributed by atoms with Gasteiger partial charge < -0.3 is 10.4 Å². The van der Waals surface area contributed by atoms with Gasteiger partial charge in [0.1, 0.15) is 0 Å². The van der Waals surface area contributed by atoms with E-state index in [1.165, 1.54) is 12.1 Å². The van der Waals surface area contributed by atoms with Crippen LogP contribution in [-0.2, 0) is 6.54 Å². The van der Waals surface area contributed by atoms with Crippen molar-refractivity contribution in [1.29, 1.82) is 0 Å². The molecule has 0 aliphatic heterocycles. The minimum absolute atomic E-state index is 0.135. The van der Waals surface area contributed by atoms with E-state index in [-0.39, 0.29) is 12.1 Å². The second-order valence-electron chi connectivity index (χ2n) is 4.42. The molecule has 0 aliphatic carbocycles. The highest BCUT2D eigenvalue weighted by atomic mass is 16.6. The zero-order chi connectivity index (χ0) is 15.4. The van der Waals surface area contributed by atoms with E-state index in [0.29, 0.717) is 0 Å². The number of nitro benzene ring substituents is 1. The number of para-hydroxylation sites is 1. The number of aromatic nitrogens is 1. The summed E-state index contributed by atoms with van der Waals surface area (Å²) >= 11 is 0. The molecule has 0 fully saturated rings. The quantitative estimate of drug-likeness (QED) is 0.660. The minimum atomic E-state index is -0.740. The highest BCUT2D eigenvalue weighted by Crippen LogP contribution is 2.29. The molecule has 0 spiro atoms. The summed E-state index contributed by atoms with van der Waals surface area (Å²) in [6, 6.07) is 7.43. The lowest BCUT2D eigenvalue weighted by Gasteiger charge is -2.07. The van der Waals surface area contributed by atoms with Crippen molar-refractivity contribution >= 4 is 11.6 Å². The van der Waals surface area contributed by atoms with Crippen LogP contribution in [0.1, 0.15) is 21.6 Å². The lowest BCUT2D eigenvalue weighted by atomic mass is 10.1. The summed E-state index contributed by atoms with van der Waals surface area (Å²) in [5, 5.41) is 23.0. The summed E-state index contributed by atoms with van der Waals surface area (Å²) in [4.78, 5) is 26.0. The third-order valence-electron chi connectivity index (χ3n) is 2.88. The first-order valence-electron chi connectivity index (χ1n) is 6.15. The number of phenolic OH excluding ortho intramolecular Hbond substituents is 1. The van der Waals surface area contributed by atoms with Crippen molar-refractivity contribution in [2.45, 2.75) is 13.5 Å². The Labute approximate surface area is 120 Å². The Morgan fingerprint density at radius 3 is 2.76 bits per heavy atom. The van der Waals surface area contributed by atoms with Crippen molar-refractivity contribution in [3.05, 3.63) is 63.5 Å². The van der Waals surface area contributed by atoms with Gasteiger partial charge in [-0.1, -0.05) is 12.1 Å². The van der Waals surface area contributed by atoms with Gasteiger partial charge in [0.15, 0.2) is 0 Å². The average Bonchev–Trinajstić information content (AvgIpc) is 2.46. The van der Waals surface area contributed by atoms with E-state index >= 15 is 0 Å². The second-order valence-corrected chi connectivity index (χ2v) is 4.42. The molecule has 1 heterocycles. The maximum atomic E-state index is 12.0. The van der Waals surface area contributed by atoms with Gasteiger partial charge in [-0.3, -0.25) is 19.9 Å². The summed E-state index contributed by atoms with van der Waals surface area (Å²) in [6.45, 7) is 2.07. The van der Waals surface area contributed by atoms with Crippen molar-refractivity contribution in [2.24, 2.45) is 0 Å². The highest BCUT2D eigenvalue weighted by molar-refractivity contribution is 5.98. The summed E-state index contributed by atoms with van der Waals surface area (Å²) in [5.41, 5.74) is 1.02. The number of rotatable bonds is 4. The molecule has 0 bridgehead atoms. The number of benzene rings is 1. The first kappa shape index (κ1) is 14.4. The number of amides is 1. The van der Waals surface area contributed by atoms with E-state index in [1.807, 2.05) is 19.1 Å². The van der Waals surface area contributed by atoms with Crippen molar-refractivity contribution in [3.63, 3.8) is 0 Å². The van der Waals surface area contributed by atoms with Crippen LogP contribution in [0.25, 0.3) is 0 Å². The molecule has 1 aromatic heterocycles. The number of phenols is 1. The maximum Gasteiger partial charge on any atom is 0.311 e. The highest BCUT2D eigenvalue weighted by Gasteiger charge is 2.20. The van der Waals surface area contributed by atoms with E-state index in [4.69, 9.17) is 0 Å². The molecule has 0 unspecified atom stereocenters. The topological polar surface area (TPSA) is 105 Å². The lowest BCUT2D eigenvalue weighted by Crippen LogP contribution is -2.23. The average molecular weight is 287 g/mol. The number of nitrogens with one attached hydrogen (secondary N) is 1. The number of aromatic hydroxyl groups is 1. The van der Waals surface area contributed by atoms with Crippen LogP contribution in [0, 0.1) is 17.0 Å². The Morgan fingerprint density at radius 1 is 1.38 bits per heavy atom. The maximum absolute atomic E-state index is 12.0. The number of nitrogens with zero attached hydrogens (tertiary/aromatic N) is 2. The van der Waals surface area contributed by atoms with Crippen LogP contribution >= 0.6 is 0 Å². The van der Waals surface area contributed by atoms with E-state index in [2.05, 4.69) is 10.3 Å². The molecule has 0 atom stereocenters. The summed E-state index contributed by atoms with van der Waals surface area (Å²) in [7, 11) is 0. The fourth-order valence-corrected chi connectivity index (χ4v) is 1.74. The molecule has 108 valence electrons. The summed E-state index contributed by atoms with van der Waals surface area (Å²) in [6.07, 6.45) is 1.63. The third kappa shape index (κ3) is 3.33. The van der Waals surface area contributed by atoms with Crippen LogP contribution in [0.5, 0.6) is 5.75 Å². The van der Waals surface area contributed by atoms with Gasteiger partial charge in [0.05, 0.1) is 10.5 Å². The molecule has 1 aromatic carbocycles.